The third-order valence-corrected chi connectivity index (χ3v) is 4.62. The van der Waals surface area contributed by atoms with Crippen LogP contribution in [0.15, 0.2) is 30.3 Å². The lowest BCUT2D eigenvalue weighted by molar-refractivity contribution is 0.102. The molecule has 0 spiro atoms. The maximum absolute atomic E-state index is 12.5. The van der Waals surface area contributed by atoms with Gasteiger partial charge in [-0.05, 0) is 47.7 Å². The van der Waals surface area contributed by atoms with Crippen molar-refractivity contribution in [2.45, 2.75) is 19.8 Å². The summed E-state index contributed by atoms with van der Waals surface area (Å²) in [5.74, 6) is -0.123. The SMILES string of the molecule is Cc1nnc(NC(=O)c2ccc3c4c(cccc24)CC3)s1. The minimum atomic E-state index is -0.123. The Morgan fingerprint density at radius 2 is 1.95 bits per heavy atom. The van der Waals surface area contributed by atoms with Crippen LogP contribution in [-0.2, 0) is 12.8 Å². The number of nitrogens with zero attached hydrogens (tertiary/aromatic N) is 2. The molecule has 0 aliphatic heterocycles. The van der Waals surface area contributed by atoms with E-state index in [4.69, 9.17) is 0 Å². The summed E-state index contributed by atoms with van der Waals surface area (Å²) in [5.41, 5.74) is 3.37. The summed E-state index contributed by atoms with van der Waals surface area (Å²) in [7, 11) is 0. The molecular weight excluding hydrogens is 282 g/mol. The molecule has 1 aliphatic carbocycles. The average Bonchev–Trinajstić information content (AvgIpc) is 3.08. The molecule has 21 heavy (non-hydrogen) atoms. The van der Waals surface area contributed by atoms with Gasteiger partial charge in [-0.3, -0.25) is 10.1 Å². The summed E-state index contributed by atoms with van der Waals surface area (Å²) in [5, 5.41) is 14.4. The van der Waals surface area contributed by atoms with Crippen LogP contribution < -0.4 is 5.32 Å². The van der Waals surface area contributed by atoms with Gasteiger partial charge in [-0.15, -0.1) is 10.2 Å². The number of carbonyl (C=O) groups excluding carboxylic acids is 1. The number of aryl methyl sites for hydroxylation is 3. The van der Waals surface area contributed by atoms with Crippen molar-refractivity contribution in [1.82, 2.24) is 10.2 Å². The molecule has 0 unspecified atom stereocenters. The van der Waals surface area contributed by atoms with Crippen molar-refractivity contribution in [2.24, 2.45) is 0 Å². The smallest absolute Gasteiger partial charge is 0.258 e. The van der Waals surface area contributed by atoms with Crippen molar-refractivity contribution in [2.75, 3.05) is 5.32 Å². The summed E-state index contributed by atoms with van der Waals surface area (Å²) in [4.78, 5) is 12.5. The third kappa shape index (κ3) is 2.01. The molecule has 1 aliphatic rings. The molecule has 4 rings (SSSR count). The Morgan fingerprint density at radius 3 is 2.71 bits per heavy atom. The molecule has 1 heterocycles. The van der Waals surface area contributed by atoms with Crippen molar-refractivity contribution in [3.8, 4) is 0 Å². The molecule has 0 atom stereocenters. The number of amides is 1. The molecule has 104 valence electrons. The summed E-state index contributed by atoms with van der Waals surface area (Å²) < 4.78 is 0. The first kappa shape index (κ1) is 12.5. The Kier molecular flexibility index (Phi) is 2.75. The highest BCUT2D eigenvalue weighted by Crippen LogP contribution is 2.33. The predicted octanol–water partition coefficient (Wildman–Crippen LogP) is 3.35. The molecule has 1 amide bonds. The average molecular weight is 295 g/mol. The number of aromatic nitrogens is 2. The van der Waals surface area contributed by atoms with Gasteiger partial charge in [-0.1, -0.05) is 35.6 Å². The van der Waals surface area contributed by atoms with Gasteiger partial charge in [-0.25, -0.2) is 0 Å². The Bertz CT molecular complexity index is 859. The summed E-state index contributed by atoms with van der Waals surface area (Å²) >= 11 is 1.38. The number of rotatable bonds is 2. The van der Waals surface area contributed by atoms with Gasteiger partial charge in [0.05, 0.1) is 0 Å². The minimum absolute atomic E-state index is 0.123. The second-order valence-electron chi connectivity index (χ2n) is 5.19. The van der Waals surface area contributed by atoms with Gasteiger partial charge >= 0.3 is 0 Å². The van der Waals surface area contributed by atoms with E-state index in [0.717, 1.165) is 23.2 Å². The van der Waals surface area contributed by atoms with Gasteiger partial charge in [0.25, 0.3) is 5.91 Å². The van der Waals surface area contributed by atoms with E-state index in [-0.39, 0.29) is 5.91 Å². The van der Waals surface area contributed by atoms with Crippen LogP contribution >= 0.6 is 11.3 Å². The molecule has 3 aromatic rings. The molecule has 2 aromatic carbocycles. The fourth-order valence-corrected chi connectivity index (χ4v) is 3.54. The van der Waals surface area contributed by atoms with E-state index in [1.807, 2.05) is 25.1 Å². The monoisotopic (exact) mass is 295 g/mol. The number of anilines is 1. The van der Waals surface area contributed by atoms with E-state index in [0.29, 0.717) is 10.7 Å². The van der Waals surface area contributed by atoms with Gasteiger partial charge in [0.2, 0.25) is 5.13 Å². The molecule has 0 saturated carbocycles. The number of carbonyl (C=O) groups is 1. The van der Waals surface area contributed by atoms with Crippen LogP contribution in [0.25, 0.3) is 10.8 Å². The van der Waals surface area contributed by atoms with Crippen LogP contribution in [0.4, 0.5) is 5.13 Å². The number of hydrogen-bond acceptors (Lipinski definition) is 4. The normalized spacial score (nSPS) is 12.8. The Labute approximate surface area is 125 Å². The molecule has 1 N–H and O–H groups in total. The predicted molar refractivity (Wildman–Crippen MR) is 84.0 cm³/mol. The van der Waals surface area contributed by atoms with Gasteiger partial charge in [0.1, 0.15) is 5.01 Å². The van der Waals surface area contributed by atoms with E-state index in [1.165, 1.54) is 27.8 Å². The van der Waals surface area contributed by atoms with Crippen molar-refractivity contribution in [3.05, 3.63) is 52.0 Å². The first-order valence-electron chi connectivity index (χ1n) is 6.87. The van der Waals surface area contributed by atoms with E-state index in [9.17, 15) is 4.79 Å². The van der Waals surface area contributed by atoms with Crippen molar-refractivity contribution >= 4 is 33.1 Å². The van der Waals surface area contributed by atoms with Crippen molar-refractivity contribution in [3.63, 3.8) is 0 Å². The lowest BCUT2D eigenvalue weighted by Gasteiger charge is -2.08. The fraction of sp³-hybridized carbons (Fsp3) is 0.188. The molecule has 1 aromatic heterocycles. The van der Waals surface area contributed by atoms with Crippen LogP contribution in [0.5, 0.6) is 0 Å². The maximum Gasteiger partial charge on any atom is 0.258 e. The second-order valence-corrected chi connectivity index (χ2v) is 6.37. The first-order chi connectivity index (χ1) is 10.2. The van der Waals surface area contributed by atoms with Crippen molar-refractivity contribution in [1.29, 1.82) is 0 Å². The Morgan fingerprint density at radius 1 is 1.14 bits per heavy atom. The van der Waals surface area contributed by atoms with Crippen molar-refractivity contribution < 1.29 is 4.79 Å². The zero-order valence-corrected chi connectivity index (χ0v) is 12.3. The van der Waals surface area contributed by atoms with Gasteiger partial charge in [-0.2, -0.15) is 0 Å². The topological polar surface area (TPSA) is 54.9 Å². The third-order valence-electron chi connectivity index (χ3n) is 3.87. The van der Waals surface area contributed by atoms with E-state index in [1.54, 1.807) is 0 Å². The van der Waals surface area contributed by atoms with Crippen LogP contribution in [0.3, 0.4) is 0 Å². The quantitative estimate of drug-likeness (QED) is 0.789. The lowest BCUT2D eigenvalue weighted by atomic mass is 9.99. The zero-order chi connectivity index (χ0) is 14.4. The fourth-order valence-electron chi connectivity index (χ4n) is 2.96. The van der Waals surface area contributed by atoms with E-state index >= 15 is 0 Å². The Balaban J connectivity index is 1.79. The molecule has 0 bridgehead atoms. The molecule has 0 radical (unpaired) electrons. The second kappa shape index (κ2) is 4.63. The highest BCUT2D eigenvalue weighted by Gasteiger charge is 2.19. The molecule has 0 fully saturated rings. The van der Waals surface area contributed by atoms with Gasteiger partial charge in [0, 0.05) is 5.56 Å². The summed E-state index contributed by atoms with van der Waals surface area (Å²) in [6, 6.07) is 10.2. The highest BCUT2D eigenvalue weighted by molar-refractivity contribution is 7.15. The van der Waals surface area contributed by atoms with Crippen LogP contribution in [0.2, 0.25) is 0 Å². The zero-order valence-electron chi connectivity index (χ0n) is 11.5. The van der Waals surface area contributed by atoms with Crippen LogP contribution in [0, 0.1) is 6.92 Å². The number of hydrogen-bond donors (Lipinski definition) is 1. The number of nitrogens with one attached hydrogen (secondary N) is 1. The van der Waals surface area contributed by atoms with E-state index in [2.05, 4.69) is 27.6 Å². The standard InChI is InChI=1S/C16H13N3OS/c1-9-18-19-16(21-9)17-15(20)13-8-7-11-6-5-10-3-2-4-12(13)14(10)11/h2-4,7-8H,5-6H2,1H3,(H,17,19,20). The highest BCUT2D eigenvalue weighted by atomic mass is 32.1. The summed E-state index contributed by atoms with van der Waals surface area (Å²) in [6.07, 6.45) is 2.13. The number of benzene rings is 2. The van der Waals surface area contributed by atoms with Gasteiger partial charge < -0.3 is 0 Å². The largest absolute Gasteiger partial charge is 0.296 e. The van der Waals surface area contributed by atoms with Crippen LogP contribution in [0.1, 0.15) is 26.5 Å². The van der Waals surface area contributed by atoms with Gasteiger partial charge in [0.15, 0.2) is 0 Å². The van der Waals surface area contributed by atoms with Crippen LogP contribution in [-0.4, -0.2) is 16.1 Å². The minimum Gasteiger partial charge on any atom is -0.296 e. The molecule has 0 saturated heterocycles. The summed E-state index contributed by atoms with van der Waals surface area (Å²) in [6.45, 7) is 1.87. The first-order valence-corrected chi connectivity index (χ1v) is 7.69. The Hall–Kier alpha value is -2.27. The maximum atomic E-state index is 12.5. The molecule has 4 nitrogen and oxygen atoms in total. The lowest BCUT2D eigenvalue weighted by Crippen LogP contribution is -2.12. The molecular formula is C16H13N3OS. The molecule has 5 heteroatoms. The van der Waals surface area contributed by atoms with E-state index < -0.39 is 0 Å².